The van der Waals surface area contributed by atoms with E-state index in [-0.39, 0.29) is 18.7 Å². The highest BCUT2D eigenvalue weighted by Gasteiger charge is 2.41. The van der Waals surface area contributed by atoms with Crippen molar-refractivity contribution in [2.24, 2.45) is 17.3 Å². The Morgan fingerprint density at radius 3 is 2.47 bits per heavy atom. The average Bonchev–Trinajstić information content (AvgIpc) is 2.98. The molecule has 0 saturated heterocycles. The Balaban J connectivity index is 1.72. The van der Waals surface area contributed by atoms with Crippen molar-refractivity contribution in [2.45, 2.75) is 59.0 Å². The molecular weight excluding hydrogens is 244 g/mol. The zero-order chi connectivity index (χ0) is 14.0. The van der Waals surface area contributed by atoms with Crippen LogP contribution in [0.4, 0.5) is 0 Å². The standard InChI is InChI=1S/C15H24O4/c1-4-15(2,3)14(17)18-9-13(16)19-12-8-10-5-6-11(12)7-10/h10-12H,4-9H2,1-3H3. The lowest BCUT2D eigenvalue weighted by atomic mass is 9.91. The van der Waals surface area contributed by atoms with Gasteiger partial charge in [-0.05, 0) is 57.8 Å². The monoisotopic (exact) mass is 268 g/mol. The van der Waals surface area contributed by atoms with E-state index < -0.39 is 11.4 Å². The average molecular weight is 268 g/mol. The van der Waals surface area contributed by atoms with Crippen molar-refractivity contribution in [2.75, 3.05) is 6.61 Å². The molecule has 0 heterocycles. The maximum Gasteiger partial charge on any atom is 0.344 e. The van der Waals surface area contributed by atoms with Crippen LogP contribution >= 0.6 is 0 Å². The van der Waals surface area contributed by atoms with E-state index in [1.165, 1.54) is 19.3 Å². The molecule has 3 atom stereocenters. The van der Waals surface area contributed by atoms with E-state index in [4.69, 9.17) is 9.47 Å². The third-order valence-corrected chi connectivity index (χ3v) is 4.71. The number of ether oxygens (including phenoxy) is 2. The summed E-state index contributed by atoms with van der Waals surface area (Å²) in [6.45, 7) is 5.30. The van der Waals surface area contributed by atoms with Gasteiger partial charge in [-0.1, -0.05) is 6.92 Å². The highest BCUT2D eigenvalue weighted by molar-refractivity contribution is 5.79. The number of fused-ring (bicyclic) bond motifs is 2. The lowest BCUT2D eigenvalue weighted by molar-refractivity contribution is -0.168. The van der Waals surface area contributed by atoms with Gasteiger partial charge in [0, 0.05) is 0 Å². The molecule has 3 unspecified atom stereocenters. The van der Waals surface area contributed by atoms with Crippen molar-refractivity contribution in [1.82, 2.24) is 0 Å². The number of rotatable bonds is 5. The van der Waals surface area contributed by atoms with Crippen molar-refractivity contribution in [1.29, 1.82) is 0 Å². The summed E-state index contributed by atoms with van der Waals surface area (Å²) >= 11 is 0. The zero-order valence-corrected chi connectivity index (χ0v) is 12.1. The first-order valence-electron chi connectivity index (χ1n) is 7.29. The van der Waals surface area contributed by atoms with Crippen molar-refractivity contribution in [3.63, 3.8) is 0 Å². The fourth-order valence-corrected chi connectivity index (χ4v) is 3.00. The summed E-state index contributed by atoms with van der Waals surface area (Å²) in [5.74, 6) is 0.541. The van der Waals surface area contributed by atoms with Gasteiger partial charge in [-0.25, -0.2) is 4.79 Å². The lowest BCUT2D eigenvalue weighted by Gasteiger charge is -2.23. The van der Waals surface area contributed by atoms with Crippen molar-refractivity contribution in [3.05, 3.63) is 0 Å². The van der Waals surface area contributed by atoms with Gasteiger partial charge in [-0.3, -0.25) is 4.79 Å². The van der Waals surface area contributed by atoms with Crippen LogP contribution in [0.3, 0.4) is 0 Å². The predicted octanol–water partition coefficient (Wildman–Crippen LogP) is 2.70. The summed E-state index contributed by atoms with van der Waals surface area (Å²) in [6.07, 6.45) is 5.38. The Kier molecular flexibility index (Phi) is 4.16. The minimum atomic E-state index is -0.535. The summed E-state index contributed by atoms with van der Waals surface area (Å²) in [5.41, 5.74) is -0.535. The molecule has 0 radical (unpaired) electrons. The van der Waals surface area contributed by atoms with E-state index in [1.807, 2.05) is 20.8 Å². The molecule has 19 heavy (non-hydrogen) atoms. The molecule has 2 rings (SSSR count). The second kappa shape index (κ2) is 5.51. The second-order valence-corrected chi connectivity index (χ2v) is 6.52. The zero-order valence-electron chi connectivity index (χ0n) is 12.1. The number of hydrogen-bond donors (Lipinski definition) is 0. The predicted molar refractivity (Wildman–Crippen MR) is 70.4 cm³/mol. The summed E-state index contributed by atoms with van der Waals surface area (Å²) in [7, 11) is 0. The molecule has 0 aromatic carbocycles. The fraction of sp³-hybridized carbons (Fsp3) is 0.867. The minimum Gasteiger partial charge on any atom is -0.460 e. The number of carbonyl (C=O) groups is 2. The maximum absolute atomic E-state index is 11.7. The molecule has 0 aromatic rings. The van der Waals surface area contributed by atoms with Gasteiger partial charge in [0.15, 0.2) is 6.61 Å². The largest absolute Gasteiger partial charge is 0.460 e. The number of esters is 2. The Bertz CT molecular complexity index is 361. The Labute approximate surface area is 114 Å². The van der Waals surface area contributed by atoms with E-state index >= 15 is 0 Å². The van der Waals surface area contributed by atoms with Crippen LogP contribution in [0.5, 0.6) is 0 Å². The van der Waals surface area contributed by atoms with Gasteiger partial charge in [0.2, 0.25) is 0 Å². The van der Waals surface area contributed by atoms with Crippen LogP contribution < -0.4 is 0 Å². The van der Waals surface area contributed by atoms with Gasteiger partial charge in [0.05, 0.1) is 5.41 Å². The molecule has 4 heteroatoms. The molecule has 4 nitrogen and oxygen atoms in total. The van der Waals surface area contributed by atoms with E-state index in [0.717, 1.165) is 12.3 Å². The van der Waals surface area contributed by atoms with Crippen molar-refractivity contribution < 1.29 is 19.1 Å². The first-order chi connectivity index (χ1) is 8.92. The van der Waals surface area contributed by atoms with Crippen LogP contribution in [0.15, 0.2) is 0 Å². The molecule has 108 valence electrons. The van der Waals surface area contributed by atoms with Crippen LogP contribution in [0, 0.1) is 17.3 Å². The summed E-state index contributed by atoms with van der Waals surface area (Å²) in [6, 6.07) is 0. The smallest absolute Gasteiger partial charge is 0.344 e. The van der Waals surface area contributed by atoms with E-state index in [1.54, 1.807) is 0 Å². The normalized spacial score (nSPS) is 29.3. The topological polar surface area (TPSA) is 52.6 Å². The molecule has 2 fully saturated rings. The van der Waals surface area contributed by atoms with Gasteiger partial charge in [0.25, 0.3) is 0 Å². The summed E-state index contributed by atoms with van der Waals surface area (Å²) < 4.78 is 10.5. The Hall–Kier alpha value is -1.06. The minimum absolute atomic E-state index is 0.0594. The third-order valence-electron chi connectivity index (χ3n) is 4.71. The van der Waals surface area contributed by atoms with Crippen LogP contribution in [0.2, 0.25) is 0 Å². The van der Waals surface area contributed by atoms with Gasteiger partial charge < -0.3 is 9.47 Å². The van der Waals surface area contributed by atoms with Crippen LogP contribution in [0.1, 0.15) is 52.9 Å². The molecule has 2 saturated carbocycles. The number of hydrogen-bond acceptors (Lipinski definition) is 4. The molecule has 0 N–H and O–H groups in total. The first kappa shape index (κ1) is 14.4. The highest BCUT2D eigenvalue weighted by atomic mass is 16.6. The highest BCUT2D eigenvalue weighted by Crippen LogP contribution is 2.45. The molecular formula is C15H24O4. The van der Waals surface area contributed by atoms with Crippen LogP contribution in [-0.4, -0.2) is 24.6 Å². The van der Waals surface area contributed by atoms with Crippen molar-refractivity contribution in [3.8, 4) is 0 Å². The molecule has 0 amide bonds. The van der Waals surface area contributed by atoms with E-state index in [2.05, 4.69) is 0 Å². The lowest BCUT2D eigenvalue weighted by Crippen LogP contribution is -2.31. The van der Waals surface area contributed by atoms with E-state index in [9.17, 15) is 9.59 Å². The van der Waals surface area contributed by atoms with Gasteiger partial charge in [-0.15, -0.1) is 0 Å². The molecule has 0 spiro atoms. The molecule has 2 aliphatic rings. The first-order valence-corrected chi connectivity index (χ1v) is 7.29. The Morgan fingerprint density at radius 1 is 1.21 bits per heavy atom. The van der Waals surface area contributed by atoms with E-state index in [0.29, 0.717) is 12.3 Å². The van der Waals surface area contributed by atoms with Crippen LogP contribution in [-0.2, 0) is 19.1 Å². The van der Waals surface area contributed by atoms with Crippen LogP contribution in [0.25, 0.3) is 0 Å². The molecule has 0 aliphatic heterocycles. The quantitative estimate of drug-likeness (QED) is 0.719. The summed E-state index contributed by atoms with van der Waals surface area (Å²) in [4.78, 5) is 23.4. The summed E-state index contributed by atoms with van der Waals surface area (Å²) in [5, 5.41) is 0. The van der Waals surface area contributed by atoms with Crippen molar-refractivity contribution >= 4 is 11.9 Å². The third kappa shape index (κ3) is 3.28. The SMILES string of the molecule is CCC(C)(C)C(=O)OCC(=O)OC1CC2CCC1C2. The second-order valence-electron chi connectivity index (χ2n) is 6.52. The fourth-order valence-electron chi connectivity index (χ4n) is 3.00. The number of carbonyl (C=O) groups excluding carboxylic acids is 2. The van der Waals surface area contributed by atoms with Gasteiger partial charge in [0.1, 0.15) is 6.10 Å². The maximum atomic E-state index is 11.7. The van der Waals surface area contributed by atoms with Gasteiger partial charge in [-0.2, -0.15) is 0 Å². The molecule has 2 bridgehead atoms. The van der Waals surface area contributed by atoms with Gasteiger partial charge >= 0.3 is 11.9 Å². The molecule has 2 aliphatic carbocycles. The molecule has 0 aromatic heterocycles. The Morgan fingerprint density at radius 2 is 1.95 bits per heavy atom.